The minimum atomic E-state index is -3.67. The van der Waals surface area contributed by atoms with Gasteiger partial charge < -0.3 is 10.2 Å². The molecule has 2 bridgehead atoms. The van der Waals surface area contributed by atoms with Gasteiger partial charge in [0.05, 0.1) is 5.69 Å². The van der Waals surface area contributed by atoms with Crippen LogP contribution in [0.25, 0.3) is 0 Å². The van der Waals surface area contributed by atoms with Gasteiger partial charge in [0.15, 0.2) is 0 Å². The smallest absolute Gasteiger partial charge is 0.240 e. The largest absolute Gasteiger partial charge is 0.369 e. The lowest BCUT2D eigenvalue weighted by Gasteiger charge is -2.27. The lowest BCUT2D eigenvalue weighted by Crippen LogP contribution is -2.36. The van der Waals surface area contributed by atoms with Crippen LogP contribution in [0, 0.1) is 0 Å². The van der Waals surface area contributed by atoms with Crippen LogP contribution in [0.1, 0.15) is 19.3 Å². The van der Waals surface area contributed by atoms with E-state index in [1.54, 1.807) is 12.1 Å². The first-order chi connectivity index (χ1) is 9.04. The normalized spacial score (nSPS) is 27.3. The molecular formula is C13H19N3O2S. The van der Waals surface area contributed by atoms with Crippen molar-refractivity contribution in [1.29, 1.82) is 0 Å². The van der Waals surface area contributed by atoms with Gasteiger partial charge in [-0.05, 0) is 31.4 Å². The first-order valence-electron chi connectivity index (χ1n) is 6.67. The summed E-state index contributed by atoms with van der Waals surface area (Å²) >= 11 is 0. The van der Waals surface area contributed by atoms with Crippen LogP contribution < -0.4 is 15.4 Å². The lowest BCUT2D eigenvalue weighted by atomic mass is 10.1. The van der Waals surface area contributed by atoms with Crippen molar-refractivity contribution in [3.8, 4) is 0 Å². The van der Waals surface area contributed by atoms with Crippen molar-refractivity contribution in [3.63, 3.8) is 0 Å². The fourth-order valence-electron chi connectivity index (χ4n) is 3.12. The predicted molar refractivity (Wildman–Crippen MR) is 74.6 cm³/mol. The summed E-state index contributed by atoms with van der Waals surface area (Å²) in [6, 6.07) is 8.05. The van der Waals surface area contributed by atoms with Gasteiger partial charge >= 0.3 is 0 Å². The number of sulfonamides is 1. The number of nitrogens with two attached hydrogens (primary N) is 1. The molecule has 6 heteroatoms. The van der Waals surface area contributed by atoms with Gasteiger partial charge in [-0.3, -0.25) is 0 Å². The standard InChI is InChI=1S/C13H19N3O2S/c14-19(17,18)13-4-2-1-3-12(13)16-8-7-10-5-6-11(9-16)15-10/h1-4,10-11,15H,5-9H2,(H2,14,17,18). The average Bonchev–Trinajstić information content (AvgIpc) is 2.68. The van der Waals surface area contributed by atoms with Crippen molar-refractivity contribution < 1.29 is 8.42 Å². The number of para-hydroxylation sites is 1. The second-order valence-corrected chi connectivity index (χ2v) is 6.92. The molecule has 2 unspecified atom stereocenters. The quantitative estimate of drug-likeness (QED) is 0.835. The van der Waals surface area contributed by atoms with Gasteiger partial charge in [-0.1, -0.05) is 12.1 Å². The van der Waals surface area contributed by atoms with Gasteiger partial charge in [0, 0.05) is 25.2 Å². The van der Waals surface area contributed by atoms with Crippen LogP contribution in [0.2, 0.25) is 0 Å². The van der Waals surface area contributed by atoms with Crippen molar-refractivity contribution in [2.75, 3.05) is 18.0 Å². The van der Waals surface area contributed by atoms with E-state index >= 15 is 0 Å². The molecule has 19 heavy (non-hydrogen) atoms. The number of hydrogen-bond acceptors (Lipinski definition) is 4. The van der Waals surface area contributed by atoms with Crippen molar-refractivity contribution in [2.24, 2.45) is 5.14 Å². The fourth-order valence-corrected chi connectivity index (χ4v) is 3.88. The molecule has 2 aliphatic heterocycles. The zero-order valence-electron chi connectivity index (χ0n) is 10.7. The van der Waals surface area contributed by atoms with Crippen LogP contribution >= 0.6 is 0 Å². The molecule has 5 nitrogen and oxygen atoms in total. The van der Waals surface area contributed by atoms with Gasteiger partial charge in [0.25, 0.3) is 0 Å². The zero-order chi connectivity index (χ0) is 13.5. The van der Waals surface area contributed by atoms with E-state index in [0.717, 1.165) is 25.2 Å². The lowest BCUT2D eigenvalue weighted by molar-refractivity contribution is 0.563. The Bertz CT molecular complexity index is 573. The Morgan fingerprint density at radius 2 is 1.89 bits per heavy atom. The van der Waals surface area contributed by atoms with Gasteiger partial charge in [-0.2, -0.15) is 0 Å². The molecule has 3 rings (SSSR count). The highest BCUT2D eigenvalue weighted by Crippen LogP contribution is 2.28. The Morgan fingerprint density at radius 1 is 1.16 bits per heavy atom. The van der Waals surface area contributed by atoms with Crippen molar-refractivity contribution in [2.45, 2.75) is 36.2 Å². The summed E-state index contributed by atoms with van der Waals surface area (Å²) in [5.41, 5.74) is 0.736. The molecule has 3 N–H and O–H groups in total. The van der Waals surface area contributed by atoms with Crippen LogP contribution in [-0.2, 0) is 10.0 Å². The number of nitrogens with one attached hydrogen (secondary N) is 1. The number of hydrogen-bond donors (Lipinski definition) is 2. The molecule has 2 atom stereocenters. The third kappa shape index (κ3) is 2.61. The van der Waals surface area contributed by atoms with Crippen LogP contribution in [0.5, 0.6) is 0 Å². The maximum Gasteiger partial charge on any atom is 0.240 e. The molecule has 0 radical (unpaired) electrons. The van der Waals surface area contributed by atoms with E-state index in [2.05, 4.69) is 10.2 Å². The summed E-state index contributed by atoms with van der Waals surface area (Å²) in [5.74, 6) is 0. The van der Waals surface area contributed by atoms with Gasteiger partial charge in [-0.25, -0.2) is 13.6 Å². The van der Waals surface area contributed by atoms with E-state index in [9.17, 15) is 8.42 Å². The summed E-state index contributed by atoms with van der Waals surface area (Å²) in [4.78, 5) is 2.38. The van der Waals surface area contributed by atoms with Crippen molar-refractivity contribution in [3.05, 3.63) is 24.3 Å². The average molecular weight is 281 g/mol. The Hall–Kier alpha value is -1.11. The number of fused-ring (bicyclic) bond motifs is 2. The van der Waals surface area contributed by atoms with Crippen molar-refractivity contribution >= 4 is 15.7 Å². The molecule has 0 spiro atoms. The fraction of sp³-hybridized carbons (Fsp3) is 0.538. The number of rotatable bonds is 2. The van der Waals surface area contributed by atoms with E-state index in [1.807, 2.05) is 12.1 Å². The number of primary sulfonamides is 1. The van der Waals surface area contributed by atoms with Crippen LogP contribution in [0.4, 0.5) is 5.69 Å². The van der Waals surface area contributed by atoms with E-state index in [0.29, 0.717) is 12.1 Å². The third-order valence-corrected chi connectivity index (χ3v) is 4.99. The predicted octanol–water partition coefficient (Wildman–Crippen LogP) is 0.665. The molecule has 2 heterocycles. The molecule has 104 valence electrons. The van der Waals surface area contributed by atoms with Crippen LogP contribution in [0.15, 0.2) is 29.2 Å². The SMILES string of the molecule is NS(=O)(=O)c1ccccc1N1CCC2CCC(C1)N2. The molecule has 0 saturated carbocycles. The Labute approximate surface area is 113 Å². The Kier molecular flexibility index (Phi) is 3.24. The summed E-state index contributed by atoms with van der Waals surface area (Å²) in [6.07, 6.45) is 3.45. The summed E-state index contributed by atoms with van der Waals surface area (Å²) in [5, 5.41) is 8.90. The van der Waals surface area contributed by atoms with E-state index in [-0.39, 0.29) is 4.90 Å². The summed E-state index contributed by atoms with van der Waals surface area (Å²) < 4.78 is 23.4. The molecule has 2 aliphatic rings. The highest BCUT2D eigenvalue weighted by molar-refractivity contribution is 7.89. The minimum Gasteiger partial charge on any atom is -0.369 e. The zero-order valence-corrected chi connectivity index (χ0v) is 11.6. The summed E-state index contributed by atoms with van der Waals surface area (Å²) in [6.45, 7) is 1.73. The van der Waals surface area contributed by atoms with E-state index in [1.165, 1.54) is 12.8 Å². The molecule has 2 saturated heterocycles. The highest BCUT2D eigenvalue weighted by atomic mass is 32.2. The first-order valence-corrected chi connectivity index (χ1v) is 8.21. The molecule has 1 aromatic carbocycles. The van der Waals surface area contributed by atoms with E-state index in [4.69, 9.17) is 5.14 Å². The monoisotopic (exact) mass is 281 g/mol. The molecule has 1 aromatic rings. The summed E-state index contributed by atoms with van der Waals surface area (Å²) in [7, 11) is -3.67. The third-order valence-electron chi connectivity index (χ3n) is 4.04. The number of anilines is 1. The number of benzene rings is 1. The molecular weight excluding hydrogens is 262 g/mol. The van der Waals surface area contributed by atoms with Gasteiger partial charge in [0.1, 0.15) is 4.90 Å². The van der Waals surface area contributed by atoms with Crippen molar-refractivity contribution in [1.82, 2.24) is 5.32 Å². The Balaban J connectivity index is 1.94. The second-order valence-electron chi connectivity index (χ2n) is 5.39. The molecule has 0 amide bonds. The van der Waals surface area contributed by atoms with E-state index < -0.39 is 10.0 Å². The molecule has 0 aromatic heterocycles. The van der Waals surface area contributed by atoms with Crippen LogP contribution in [-0.4, -0.2) is 33.6 Å². The first kappa shape index (κ1) is 12.9. The maximum absolute atomic E-state index is 11.7. The van der Waals surface area contributed by atoms with Gasteiger partial charge in [0.2, 0.25) is 10.0 Å². The van der Waals surface area contributed by atoms with Gasteiger partial charge in [-0.15, -0.1) is 0 Å². The van der Waals surface area contributed by atoms with Crippen LogP contribution in [0.3, 0.4) is 0 Å². The maximum atomic E-state index is 11.7. The molecule has 2 fully saturated rings. The highest BCUT2D eigenvalue weighted by Gasteiger charge is 2.30. The molecule has 0 aliphatic carbocycles. The second kappa shape index (κ2) is 4.77. The minimum absolute atomic E-state index is 0.229. The Morgan fingerprint density at radius 3 is 2.68 bits per heavy atom. The topological polar surface area (TPSA) is 75.4 Å². The number of nitrogens with zero attached hydrogens (tertiary/aromatic N) is 1.